The third kappa shape index (κ3) is 4.37. The third-order valence-electron chi connectivity index (χ3n) is 5.68. The van der Waals surface area contributed by atoms with E-state index < -0.39 is 11.6 Å². The molecule has 2 N–H and O–H groups in total. The normalized spacial score (nSPS) is 19.5. The molecule has 6 nitrogen and oxygen atoms in total. The Morgan fingerprint density at radius 2 is 1.67 bits per heavy atom. The van der Waals surface area contributed by atoms with Gasteiger partial charge in [0.05, 0.1) is 0 Å². The van der Waals surface area contributed by atoms with E-state index in [1.165, 1.54) is 0 Å². The Bertz CT molecular complexity index is 885. The van der Waals surface area contributed by atoms with Crippen LogP contribution in [0.25, 0.3) is 0 Å². The van der Waals surface area contributed by atoms with Crippen LogP contribution < -0.4 is 10.6 Å². The molecule has 1 heterocycles. The van der Waals surface area contributed by atoms with E-state index >= 15 is 0 Å². The smallest absolute Gasteiger partial charge is 0.325 e. The van der Waals surface area contributed by atoms with E-state index in [1.807, 2.05) is 67.6 Å². The molecule has 1 aliphatic rings. The van der Waals surface area contributed by atoms with Crippen LogP contribution in [-0.4, -0.2) is 35.8 Å². The van der Waals surface area contributed by atoms with Crippen LogP contribution in [0.5, 0.6) is 0 Å². The lowest BCUT2D eigenvalue weighted by molar-refractivity contribution is -0.135. The summed E-state index contributed by atoms with van der Waals surface area (Å²) in [6.45, 7) is 4.21. The fourth-order valence-electron chi connectivity index (χ4n) is 4.04. The predicted octanol–water partition coefficient (Wildman–Crippen LogP) is 3.54. The van der Waals surface area contributed by atoms with Gasteiger partial charge in [-0.25, -0.2) is 4.79 Å². The maximum absolute atomic E-state index is 13.2. The fraction of sp³-hybridized carbons (Fsp3) is 0.375. The molecule has 2 atom stereocenters. The molecule has 2 aromatic carbocycles. The van der Waals surface area contributed by atoms with Gasteiger partial charge in [-0.05, 0) is 24.0 Å². The van der Waals surface area contributed by atoms with Gasteiger partial charge in [0.1, 0.15) is 12.1 Å². The summed E-state index contributed by atoms with van der Waals surface area (Å²) in [4.78, 5) is 39.4. The highest BCUT2D eigenvalue weighted by Crippen LogP contribution is 2.33. The summed E-state index contributed by atoms with van der Waals surface area (Å²) in [6.07, 6.45) is 2.07. The summed E-state index contributed by atoms with van der Waals surface area (Å²) in [5, 5.41) is 5.74. The number of carbonyl (C=O) groups excluding carboxylic acids is 3. The van der Waals surface area contributed by atoms with Crippen molar-refractivity contribution < 1.29 is 14.4 Å². The molecule has 0 bridgehead atoms. The molecule has 0 aromatic heterocycles. The van der Waals surface area contributed by atoms with E-state index in [9.17, 15) is 14.4 Å². The number of hydrogen-bond donors (Lipinski definition) is 2. The highest BCUT2D eigenvalue weighted by atomic mass is 16.2. The third-order valence-corrected chi connectivity index (χ3v) is 5.68. The molecule has 4 amide bonds. The number of urea groups is 1. The number of rotatable bonds is 9. The van der Waals surface area contributed by atoms with Gasteiger partial charge < -0.3 is 10.6 Å². The molecule has 0 radical (unpaired) electrons. The Morgan fingerprint density at radius 3 is 2.27 bits per heavy atom. The van der Waals surface area contributed by atoms with Gasteiger partial charge in [0.2, 0.25) is 5.91 Å². The maximum Gasteiger partial charge on any atom is 0.325 e. The van der Waals surface area contributed by atoms with E-state index in [1.54, 1.807) is 0 Å². The molecule has 2 aromatic rings. The van der Waals surface area contributed by atoms with Crippen LogP contribution >= 0.6 is 0 Å². The van der Waals surface area contributed by atoms with Crippen molar-refractivity contribution in [1.82, 2.24) is 15.5 Å². The number of hydrogen-bond acceptors (Lipinski definition) is 3. The Kier molecular flexibility index (Phi) is 6.87. The van der Waals surface area contributed by atoms with Crippen molar-refractivity contribution in [2.24, 2.45) is 0 Å². The molecule has 1 fully saturated rings. The van der Waals surface area contributed by atoms with Crippen molar-refractivity contribution in [3.63, 3.8) is 0 Å². The van der Waals surface area contributed by atoms with Gasteiger partial charge in [-0.1, -0.05) is 80.9 Å². The summed E-state index contributed by atoms with van der Waals surface area (Å²) >= 11 is 0. The lowest BCUT2D eigenvalue weighted by Crippen LogP contribution is -2.45. The first kappa shape index (κ1) is 21.6. The van der Waals surface area contributed by atoms with Gasteiger partial charge in [0.15, 0.2) is 0 Å². The second-order valence-corrected chi connectivity index (χ2v) is 7.66. The van der Waals surface area contributed by atoms with E-state index in [-0.39, 0.29) is 24.3 Å². The average molecular weight is 408 g/mol. The first-order valence-corrected chi connectivity index (χ1v) is 10.5. The SMILES string of the molecule is CCC[C@]1(c2ccccc2)NC(=O)N(CC(=O)NC[C@@H](CC)c2ccccc2)C1=O. The van der Waals surface area contributed by atoms with Crippen molar-refractivity contribution in [3.05, 3.63) is 71.8 Å². The summed E-state index contributed by atoms with van der Waals surface area (Å²) < 4.78 is 0. The van der Waals surface area contributed by atoms with Crippen LogP contribution in [-0.2, 0) is 15.1 Å². The van der Waals surface area contributed by atoms with Crippen molar-refractivity contribution >= 4 is 17.8 Å². The largest absolute Gasteiger partial charge is 0.354 e. The van der Waals surface area contributed by atoms with Gasteiger partial charge in [0, 0.05) is 12.5 Å². The molecule has 0 unspecified atom stereocenters. The molecule has 0 spiro atoms. The zero-order valence-electron chi connectivity index (χ0n) is 17.6. The van der Waals surface area contributed by atoms with Crippen LogP contribution in [0.3, 0.4) is 0 Å². The zero-order chi connectivity index (χ0) is 21.6. The topological polar surface area (TPSA) is 78.5 Å². The molecule has 30 heavy (non-hydrogen) atoms. The minimum Gasteiger partial charge on any atom is -0.354 e. The molecule has 0 saturated carbocycles. The van der Waals surface area contributed by atoms with Crippen molar-refractivity contribution in [1.29, 1.82) is 0 Å². The summed E-state index contributed by atoms with van der Waals surface area (Å²) in [5.41, 5.74) is 0.785. The lowest BCUT2D eigenvalue weighted by atomic mass is 9.85. The number of nitrogens with zero attached hydrogens (tertiary/aromatic N) is 1. The van der Waals surface area contributed by atoms with Gasteiger partial charge in [-0.3, -0.25) is 14.5 Å². The number of benzene rings is 2. The number of carbonyl (C=O) groups is 3. The van der Waals surface area contributed by atoms with Crippen LogP contribution in [0, 0.1) is 0 Å². The summed E-state index contributed by atoms with van der Waals surface area (Å²) in [5.74, 6) is -0.527. The minimum absolute atomic E-state index is 0.182. The Labute approximate surface area is 177 Å². The van der Waals surface area contributed by atoms with Crippen LogP contribution in [0.4, 0.5) is 4.79 Å². The summed E-state index contributed by atoms with van der Waals surface area (Å²) in [7, 11) is 0. The number of nitrogens with one attached hydrogen (secondary N) is 2. The van der Waals surface area contributed by atoms with E-state index in [4.69, 9.17) is 0 Å². The van der Waals surface area contributed by atoms with Crippen molar-refractivity contribution in [2.45, 2.75) is 44.6 Å². The Hall–Kier alpha value is -3.15. The lowest BCUT2D eigenvalue weighted by Gasteiger charge is -2.27. The van der Waals surface area contributed by atoms with E-state index in [0.29, 0.717) is 13.0 Å². The molecule has 1 saturated heterocycles. The van der Waals surface area contributed by atoms with Gasteiger partial charge in [0.25, 0.3) is 5.91 Å². The second-order valence-electron chi connectivity index (χ2n) is 7.66. The molecule has 158 valence electrons. The van der Waals surface area contributed by atoms with Crippen LogP contribution in [0.1, 0.15) is 50.2 Å². The van der Waals surface area contributed by atoms with Crippen LogP contribution in [0.2, 0.25) is 0 Å². The highest BCUT2D eigenvalue weighted by molar-refractivity contribution is 6.09. The predicted molar refractivity (Wildman–Crippen MR) is 116 cm³/mol. The van der Waals surface area contributed by atoms with Crippen molar-refractivity contribution in [2.75, 3.05) is 13.1 Å². The quantitative estimate of drug-likeness (QED) is 0.624. The highest BCUT2D eigenvalue weighted by Gasteiger charge is 2.52. The number of amides is 4. The monoisotopic (exact) mass is 407 g/mol. The Balaban J connectivity index is 1.68. The zero-order valence-corrected chi connectivity index (χ0v) is 17.6. The van der Waals surface area contributed by atoms with Gasteiger partial charge in [-0.2, -0.15) is 0 Å². The van der Waals surface area contributed by atoms with Gasteiger partial charge in [-0.15, -0.1) is 0 Å². The van der Waals surface area contributed by atoms with E-state index in [0.717, 1.165) is 28.9 Å². The molecular formula is C24H29N3O3. The fourth-order valence-corrected chi connectivity index (χ4v) is 4.04. The molecule has 6 heteroatoms. The Morgan fingerprint density at radius 1 is 1.03 bits per heavy atom. The van der Waals surface area contributed by atoms with E-state index in [2.05, 4.69) is 17.6 Å². The first-order valence-electron chi connectivity index (χ1n) is 10.5. The molecule has 3 rings (SSSR count). The van der Waals surface area contributed by atoms with Crippen LogP contribution in [0.15, 0.2) is 60.7 Å². The molecular weight excluding hydrogens is 378 g/mol. The molecule has 1 aliphatic heterocycles. The number of imide groups is 1. The summed E-state index contributed by atoms with van der Waals surface area (Å²) in [6, 6.07) is 18.7. The minimum atomic E-state index is -1.11. The maximum atomic E-state index is 13.2. The average Bonchev–Trinajstić information content (AvgIpc) is 3.01. The van der Waals surface area contributed by atoms with Crippen molar-refractivity contribution in [3.8, 4) is 0 Å². The second kappa shape index (κ2) is 9.57. The first-order chi connectivity index (χ1) is 14.5. The molecule has 0 aliphatic carbocycles. The van der Waals surface area contributed by atoms with Gasteiger partial charge >= 0.3 is 6.03 Å². The standard InChI is InChI=1S/C24H29N3O3/c1-3-15-24(20-13-9-6-10-14-20)22(29)27(23(30)26-24)17-21(28)25-16-18(4-2)19-11-7-5-8-12-19/h5-14,18H,3-4,15-17H2,1-2H3,(H,25,28)(H,26,30)/t18-,24-/m1/s1.